The number of halogens is 1. The molecule has 2 fully saturated rings. The third-order valence-electron chi connectivity index (χ3n) is 5.04. The van der Waals surface area contributed by atoms with Crippen LogP contribution in [0, 0.1) is 6.92 Å². The largest absolute Gasteiger partial charge is 0.366 e. The molecule has 2 aliphatic heterocycles. The number of likely N-dealkylation sites (tertiary alicyclic amines) is 1. The Morgan fingerprint density at radius 1 is 1.25 bits per heavy atom. The summed E-state index contributed by atoms with van der Waals surface area (Å²) in [4.78, 5) is 14.5. The van der Waals surface area contributed by atoms with Gasteiger partial charge in [0, 0.05) is 32.4 Å². The molecular formula is C18H21ClN4O4S. The van der Waals surface area contributed by atoms with Crippen molar-refractivity contribution in [2.75, 3.05) is 32.8 Å². The molecule has 3 heterocycles. The van der Waals surface area contributed by atoms with Gasteiger partial charge in [-0.3, -0.25) is 9.48 Å². The van der Waals surface area contributed by atoms with E-state index in [1.165, 1.54) is 16.4 Å². The van der Waals surface area contributed by atoms with Gasteiger partial charge in [-0.1, -0.05) is 23.7 Å². The van der Waals surface area contributed by atoms with Gasteiger partial charge >= 0.3 is 0 Å². The molecular weight excluding hydrogens is 404 g/mol. The van der Waals surface area contributed by atoms with Gasteiger partial charge in [-0.25, -0.2) is 8.42 Å². The summed E-state index contributed by atoms with van der Waals surface area (Å²) in [7, 11) is -3.79. The monoisotopic (exact) mass is 424 g/mol. The summed E-state index contributed by atoms with van der Waals surface area (Å²) in [5, 5.41) is 4.44. The fraction of sp³-hybridized carbons (Fsp3) is 0.444. The van der Waals surface area contributed by atoms with Crippen LogP contribution in [-0.4, -0.2) is 72.2 Å². The second kappa shape index (κ2) is 7.47. The number of nitrogens with zero attached hydrogens (tertiary/aromatic N) is 4. The predicted octanol–water partition coefficient (Wildman–Crippen LogP) is 1.32. The Bertz CT molecular complexity index is 987. The van der Waals surface area contributed by atoms with Crippen LogP contribution in [0.3, 0.4) is 0 Å². The molecule has 0 bridgehead atoms. The zero-order valence-electron chi connectivity index (χ0n) is 15.4. The molecule has 28 heavy (non-hydrogen) atoms. The summed E-state index contributed by atoms with van der Waals surface area (Å²) in [5.74, 6) is -0.195. The number of aryl methyl sites for hydroxylation is 1. The van der Waals surface area contributed by atoms with E-state index in [1.807, 2.05) is 17.8 Å². The Morgan fingerprint density at radius 2 is 2.00 bits per heavy atom. The number of amides is 1. The fourth-order valence-corrected chi connectivity index (χ4v) is 5.34. The van der Waals surface area contributed by atoms with Crippen molar-refractivity contribution in [2.24, 2.45) is 0 Å². The Balaban J connectivity index is 1.41. The van der Waals surface area contributed by atoms with E-state index < -0.39 is 16.1 Å². The van der Waals surface area contributed by atoms with Crippen molar-refractivity contribution in [3.05, 3.63) is 47.2 Å². The van der Waals surface area contributed by atoms with Crippen molar-refractivity contribution < 1.29 is 17.9 Å². The number of carbonyl (C=O) groups excluding carboxylic acids is 1. The normalized spacial score (nSPS) is 21.5. The number of rotatable bonds is 4. The van der Waals surface area contributed by atoms with Crippen molar-refractivity contribution >= 4 is 27.5 Å². The smallest absolute Gasteiger partial charge is 0.253 e. The van der Waals surface area contributed by atoms with E-state index in [-0.39, 0.29) is 41.6 Å². The van der Waals surface area contributed by atoms with Crippen molar-refractivity contribution in [1.29, 1.82) is 0 Å². The SMILES string of the molecule is Cc1cnn(C2CN(C(=O)C3CN(S(=O)(=O)c4ccccc4Cl)CCO3)C2)c1. The molecule has 0 radical (unpaired) electrons. The molecule has 2 aliphatic rings. The van der Waals surface area contributed by atoms with Crippen LogP contribution in [0.25, 0.3) is 0 Å². The molecule has 1 aromatic carbocycles. The minimum absolute atomic E-state index is 0.0194. The molecule has 4 rings (SSSR count). The average molecular weight is 425 g/mol. The van der Waals surface area contributed by atoms with Crippen molar-refractivity contribution in [3.8, 4) is 0 Å². The molecule has 0 N–H and O–H groups in total. The number of carbonyl (C=O) groups is 1. The maximum atomic E-state index is 12.9. The van der Waals surface area contributed by atoms with Crippen LogP contribution < -0.4 is 0 Å². The van der Waals surface area contributed by atoms with Gasteiger partial charge in [-0.15, -0.1) is 0 Å². The summed E-state index contributed by atoms with van der Waals surface area (Å²) < 4.78 is 34.5. The summed E-state index contributed by atoms with van der Waals surface area (Å²) in [6.07, 6.45) is 2.92. The lowest BCUT2D eigenvalue weighted by Crippen LogP contribution is -2.58. The van der Waals surface area contributed by atoms with E-state index >= 15 is 0 Å². The predicted molar refractivity (Wildman–Crippen MR) is 103 cm³/mol. The highest BCUT2D eigenvalue weighted by Crippen LogP contribution is 2.27. The summed E-state index contributed by atoms with van der Waals surface area (Å²) in [6.45, 7) is 3.37. The van der Waals surface area contributed by atoms with Gasteiger partial charge in [0.2, 0.25) is 10.0 Å². The molecule has 1 amide bonds. The highest BCUT2D eigenvalue weighted by molar-refractivity contribution is 7.89. The molecule has 1 unspecified atom stereocenters. The van der Waals surface area contributed by atoms with Gasteiger partial charge in [-0.05, 0) is 24.6 Å². The Kier molecular flexibility index (Phi) is 5.17. The number of morpholine rings is 1. The highest BCUT2D eigenvalue weighted by Gasteiger charge is 2.40. The van der Waals surface area contributed by atoms with Crippen LogP contribution >= 0.6 is 11.6 Å². The maximum Gasteiger partial charge on any atom is 0.253 e. The molecule has 0 aliphatic carbocycles. The lowest BCUT2D eigenvalue weighted by Gasteiger charge is -2.42. The molecule has 150 valence electrons. The van der Waals surface area contributed by atoms with Crippen LogP contribution in [0.15, 0.2) is 41.6 Å². The topological polar surface area (TPSA) is 84.7 Å². The standard InChI is InChI=1S/C18H21ClN4O4S/c1-13-8-20-23(9-13)14-10-21(11-14)18(24)16-12-22(6-7-27-16)28(25,26)17-5-3-2-4-15(17)19/h2-5,8-9,14,16H,6-7,10-12H2,1H3. The number of ether oxygens (including phenoxy) is 1. The third kappa shape index (κ3) is 3.55. The first kappa shape index (κ1) is 19.4. The first-order valence-electron chi connectivity index (χ1n) is 9.02. The van der Waals surface area contributed by atoms with Crippen LogP contribution in [0.1, 0.15) is 11.6 Å². The number of hydrogen-bond acceptors (Lipinski definition) is 5. The first-order valence-corrected chi connectivity index (χ1v) is 10.8. The van der Waals surface area contributed by atoms with E-state index in [1.54, 1.807) is 23.2 Å². The van der Waals surface area contributed by atoms with Gasteiger partial charge < -0.3 is 9.64 Å². The lowest BCUT2D eigenvalue weighted by molar-refractivity contribution is -0.153. The third-order valence-corrected chi connectivity index (χ3v) is 7.40. The average Bonchev–Trinajstić information content (AvgIpc) is 3.06. The van der Waals surface area contributed by atoms with Crippen molar-refractivity contribution in [2.45, 2.75) is 24.0 Å². The van der Waals surface area contributed by atoms with Crippen LogP contribution in [0.2, 0.25) is 5.02 Å². The summed E-state index contributed by atoms with van der Waals surface area (Å²) in [5.41, 5.74) is 1.07. The van der Waals surface area contributed by atoms with E-state index in [0.717, 1.165) is 5.56 Å². The maximum absolute atomic E-state index is 12.9. The minimum Gasteiger partial charge on any atom is -0.366 e. The Hall–Kier alpha value is -1.94. The van der Waals surface area contributed by atoms with E-state index in [9.17, 15) is 13.2 Å². The molecule has 2 saturated heterocycles. The summed E-state index contributed by atoms with van der Waals surface area (Å²) >= 11 is 6.06. The van der Waals surface area contributed by atoms with E-state index in [2.05, 4.69) is 5.10 Å². The van der Waals surface area contributed by atoms with Crippen molar-refractivity contribution in [3.63, 3.8) is 0 Å². The number of sulfonamides is 1. The molecule has 0 spiro atoms. The van der Waals surface area contributed by atoms with E-state index in [0.29, 0.717) is 13.1 Å². The molecule has 10 heteroatoms. The van der Waals surface area contributed by atoms with Gasteiger partial charge in [0.05, 0.1) is 23.9 Å². The van der Waals surface area contributed by atoms with Crippen LogP contribution in [0.4, 0.5) is 0 Å². The molecule has 0 saturated carbocycles. The zero-order chi connectivity index (χ0) is 19.9. The summed E-state index contributed by atoms with van der Waals surface area (Å²) in [6, 6.07) is 6.45. The van der Waals surface area contributed by atoms with Gasteiger partial charge in [-0.2, -0.15) is 9.40 Å². The lowest BCUT2D eigenvalue weighted by atomic mass is 10.1. The molecule has 8 nitrogen and oxygen atoms in total. The zero-order valence-corrected chi connectivity index (χ0v) is 16.9. The molecule has 1 atom stereocenters. The number of benzene rings is 1. The van der Waals surface area contributed by atoms with Crippen molar-refractivity contribution in [1.82, 2.24) is 19.0 Å². The molecule has 2 aromatic rings. The fourth-order valence-electron chi connectivity index (χ4n) is 3.43. The quantitative estimate of drug-likeness (QED) is 0.739. The first-order chi connectivity index (χ1) is 13.4. The minimum atomic E-state index is -3.79. The van der Waals surface area contributed by atoms with Gasteiger partial charge in [0.25, 0.3) is 5.91 Å². The van der Waals surface area contributed by atoms with E-state index in [4.69, 9.17) is 16.3 Å². The van der Waals surface area contributed by atoms with Crippen LogP contribution in [0.5, 0.6) is 0 Å². The number of aromatic nitrogens is 2. The number of hydrogen-bond donors (Lipinski definition) is 0. The van der Waals surface area contributed by atoms with Gasteiger partial charge in [0.1, 0.15) is 11.0 Å². The highest BCUT2D eigenvalue weighted by atomic mass is 35.5. The Labute approximate surface area is 168 Å². The Morgan fingerprint density at radius 3 is 2.68 bits per heavy atom. The second-order valence-electron chi connectivity index (χ2n) is 7.05. The molecule has 1 aromatic heterocycles. The second-order valence-corrected chi connectivity index (χ2v) is 9.36. The van der Waals surface area contributed by atoms with Crippen LogP contribution in [-0.2, 0) is 19.6 Å². The van der Waals surface area contributed by atoms with Gasteiger partial charge in [0.15, 0.2) is 0 Å².